The van der Waals surface area contributed by atoms with Gasteiger partial charge in [-0.25, -0.2) is 0 Å². The Morgan fingerprint density at radius 2 is 2.40 bits per heavy atom. The first-order chi connectivity index (χ1) is 4.79. The van der Waals surface area contributed by atoms with E-state index in [0.717, 1.165) is 6.42 Å². The minimum atomic E-state index is 0.423. The van der Waals surface area contributed by atoms with Crippen LogP contribution in [0.4, 0.5) is 0 Å². The Bertz CT molecular complexity index is 156. The van der Waals surface area contributed by atoms with E-state index in [-0.39, 0.29) is 0 Å². The Labute approximate surface area is 62.1 Å². The van der Waals surface area contributed by atoms with E-state index in [9.17, 15) is 0 Å². The fourth-order valence-electron chi connectivity index (χ4n) is 1.12. The van der Waals surface area contributed by atoms with Crippen LogP contribution >= 0.6 is 0 Å². The molecule has 1 aliphatic rings. The van der Waals surface area contributed by atoms with Crippen molar-refractivity contribution in [2.24, 2.45) is 5.92 Å². The molecule has 1 nitrogen and oxygen atoms in total. The van der Waals surface area contributed by atoms with Crippen LogP contribution in [0.15, 0.2) is 24.0 Å². The van der Waals surface area contributed by atoms with Crippen LogP contribution in [0.2, 0.25) is 0 Å². The highest BCUT2D eigenvalue weighted by Gasteiger charge is 1.99. The first-order valence-corrected chi connectivity index (χ1v) is 3.86. The summed E-state index contributed by atoms with van der Waals surface area (Å²) in [6.45, 7) is 2.18. The monoisotopic (exact) mass is 138 g/mol. The lowest BCUT2D eigenvalue weighted by molar-refractivity contribution is 0.424. The maximum atomic E-state index is 9.11. The Morgan fingerprint density at radius 3 is 3.20 bits per heavy atom. The largest absolute Gasteiger partial charge is 0.508 e. The maximum Gasteiger partial charge on any atom is 0.111 e. The van der Waals surface area contributed by atoms with E-state index in [1.54, 1.807) is 6.08 Å². The molecule has 0 aromatic carbocycles. The summed E-state index contributed by atoms with van der Waals surface area (Å²) < 4.78 is 0. The zero-order valence-electron chi connectivity index (χ0n) is 6.38. The van der Waals surface area contributed by atoms with Crippen molar-refractivity contribution in [2.75, 3.05) is 0 Å². The van der Waals surface area contributed by atoms with E-state index in [0.29, 0.717) is 11.7 Å². The number of aliphatic hydroxyl groups is 1. The molecule has 0 aliphatic heterocycles. The van der Waals surface area contributed by atoms with Gasteiger partial charge in [-0.1, -0.05) is 13.0 Å². The number of hydrogen-bond acceptors (Lipinski definition) is 1. The molecule has 56 valence electrons. The minimum Gasteiger partial charge on any atom is -0.508 e. The normalized spacial score (nSPS) is 30.1. The summed E-state index contributed by atoms with van der Waals surface area (Å²) in [6.07, 6.45) is 9.17. The molecular formula is C9H14O. The van der Waals surface area contributed by atoms with Crippen molar-refractivity contribution in [3.63, 3.8) is 0 Å². The second-order valence-electron chi connectivity index (χ2n) is 2.90. The highest BCUT2D eigenvalue weighted by atomic mass is 16.3. The highest BCUT2D eigenvalue weighted by molar-refractivity contribution is 5.12. The van der Waals surface area contributed by atoms with Crippen LogP contribution < -0.4 is 0 Å². The summed E-state index contributed by atoms with van der Waals surface area (Å²) in [5.41, 5.74) is 0. The molecule has 1 aliphatic carbocycles. The van der Waals surface area contributed by atoms with Crippen LogP contribution in [0, 0.1) is 5.92 Å². The molecule has 1 N–H and O–H groups in total. The molecule has 0 aromatic heterocycles. The molecule has 1 heteroatoms. The SMILES string of the molecule is CC1/C=C\C(O)=CCCC1. The van der Waals surface area contributed by atoms with E-state index in [1.165, 1.54) is 12.8 Å². The average molecular weight is 138 g/mol. The minimum absolute atomic E-state index is 0.423. The average Bonchev–Trinajstić information content (AvgIpc) is 1.90. The van der Waals surface area contributed by atoms with Gasteiger partial charge in [0.15, 0.2) is 0 Å². The molecule has 0 spiro atoms. The van der Waals surface area contributed by atoms with Crippen LogP contribution in [-0.4, -0.2) is 5.11 Å². The summed E-state index contributed by atoms with van der Waals surface area (Å²) in [6, 6.07) is 0. The lowest BCUT2D eigenvalue weighted by Crippen LogP contribution is -1.92. The summed E-state index contributed by atoms with van der Waals surface area (Å²) in [4.78, 5) is 0. The van der Waals surface area contributed by atoms with Crippen LogP contribution in [0.3, 0.4) is 0 Å². The Kier molecular flexibility index (Phi) is 2.55. The van der Waals surface area contributed by atoms with Crippen molar-refractivity contribution in [1.29, 1.82) is 0 Å². The van der Waals surface area contributed by atoms with Gasteiger partial charge in [0, 0.05) is 0 Å². The lowest BCUT2D eigenvalue weighted by Gasteiger charge is -2.06. The summed E-state index contributed by atoms with van der Waals surface area (Å²) in [5.74, 6) is 1.04. The van der Waals surface area contributed by atoms with Crippen molar-refractivity contribution in [2.45, 2.75) is 26.2 Å². The molecule has 1 unspecified atom stereocenters. The van der Waals surface area contributed by atoms with E-state index in [2.05, 4.69) is 13.0 Å². The first kappa shape index (κ1) is 7.39. The summed E-state index contributed by atoms with van der Waals surface area (Å²) >= 11 is 0. The quantitative estimate of drug-likeness (QED) is 0.545. The molecular weight excluding hydrogens is 124 g/mol. The highest BCUT2D eigenvalue weighted by Crippen LogP contribution is 2.14. The smallest absolute Gasteiger partial charge is 0.111 e. The fraction of sp³-hybridized carbons (Fsp3) is 0.556. The summed E-state index contributed by atoms with van der Waals surface area (Å²) in [7, 11) is 0. The second-order valence-corrected chi connectivity index (χ2v) is 2.90. The van der Waals surface area contributed by atoms with E-state index >= 15 is 0 Å². The first-order valence-electron chi connectivity index (χ1n) is 3.86. The molecule has 0 radical (unpaired) electrons. The van der Waals surface area contributed by atoms with Crippen LogP contribution in [0.25, 0.3) is 0 Å². The molecule has 0 heterocycles. The molecule has 0 bridgehead atoms. The number of allylic oxidation sites excluding steroid dienone is 3. The summed E-state index contributed by atoms with van der Waals surface area (Å²) in [5, 5.41) is 9.11. The third-order valence-electron chi connectivity index (χ3n) is 1.81. The van der Waals surface area contributed by atoms with Gasteiger partial charge in [-0.05, 0) is 37.3 Å². The molecule has 0 fully saturated rings. The van der Waals surface area contributed by atoms with Gasteiger partial charge < -0.3 is 5.11 Å². The Hall–Kier alpha value is -0.720. The molecule has 1 atom stereocenters. The zero-order valence-corrected chi connectivity index (χ0v) is 6.38. The Morgan fingerprint density at radius 1 is 1.60 bits per heavy atom. The van der Waals surface area contributed by atoms with Gasteiger partial charge in [0.05, 0.1) is 0 Å². The van der Waals surface area contributed by atoms with Gasteiger partial charge in [0.2, 0.25) is 0 Å². The van der Waals surface area contributed by atoms with E-state index in [4.69, 9.17) is 5.11 Å². The van der Waals surface area contributed by atoms with Gasteiger partial charge in [-0.2, -0.15) is 0 Å². The van der Waals surface area contributed by atoms with Gasteiger partial charge in [0.25, 0.3) is 0 Å². The van der Waals surface area contributed by atoms with E-state index < -0.39 is 0 Å². The molecule has 0 amide bonds. The lowest BCUT2D eigenvalue weighted by atomic mass is 10.0. The van der Waals surface area contributed by atoms with E-state index in [1.807, 2.05) is 6.08 Å². The predicted octanol–water partition coefficient (Wildman–Crippen LogP) is 2.80. The number of rotatable bonds is 0. The van der Waals surface area contributed by atoms with Crippen molar-refractivity contribution >= 4 is 0 Å². The van der Waals surface area contributed by atoms with Crippen molar-refractivity contribution in [1.82, 2.24) is 0 Å². The maximum absolute atomic E-state index is 9.11. The van der Waals surface area contributed by atoms with Gasteiger partial charge >= 0.3 is 0 Å². The second kappa shape index (κ2) is 3.45. The third kappa shape index (κ3) is 2.26. The number of hydrogen-bond donors (Lipinski definition) is 1. The number of aliphatic hydroxyl groups excluding tert-OH is 1. The van der Waals surface area contributed by atoms with Crippen molar-refractivity contribution in [3.05, 3.63) is 24.0 Å². The molecule has 0 aromatic rings. The van der Waals surface area contributed by atoms with Crippen LogP contribution in [0.5, 0.6) is 0 Å². The van der Waals surface area contributed by atoms with Crippen molar-refractivity contribution in [3.8, 4) is 0 Å². The molecule has 1 rings (SSSR count). The molecule has 0 saturated carbocycles. The molecule has 10 heavy (non-hydrogen) atoms. The van der Waals surface area contributed by atoms with Crippen molar-refractivity contribution < 1.29 is 5.11 Å². The zero-order chi connectivity index (χ0) is 7.40. The fourth-order valence-corrected chi connectivity index (χ4v) is 1.12. The third-order valence-corrected chi connectivity index (χ3v) is 1.81. The standard InChI is InChI=1S/C9H14O/c1-8-4-2-3-5-9(10)7-6-8/h5-8,10H,2-4H2,1H3/b7-6-,9-5?. The Balaban J connectivity index is 2.57. The van der Waals surface area contributed by atoms with Crippen LogP contribution in [0.1, 0.15) is 26.2 Å². The van der Waals surface area contributed by atoms with Gasteiger partial charge in [-0.3, -0.25) is 0 Å². The topological polar surface area (TPSA) is 20.2 Å². The molecule has 0 saturated heterocycles. The van der Waals surface area contributed by atoms with Gasteiger partial charge in [0.1, 0.15) is 5.76 Å². The van der Waals surface area contributed by atoms with Crippen LogP contribution in [-0.2, 0) is 0 Å². The predicted molar refractivity (Wildman–Crippen MR) is 42.9 cm³/mol. The van der Waals surface area contributed by atoms with Gasteiger partial charge in [-0.15, -0.1) is 0 Å².